The Morgan fingerprint density at radius 3 is 2.50 bits per heavy atom. The molecule has 1 heterocycles. The predicted molar refractivity (Wildman–Crippen MR) is 61.4 cm³/mol. The lowest BCUT2D eigenvalue weighted by atomic mass is 9.88. The third kappa shape index (κ3) is 2.98. The first-order valence-electron chi connectivity index (χ1n) is 6.57. The molecule has 0 unspecified atom stereocenters. The molecule has 1 heteroatoms. The van der Waals surface area contributed by atoms with E-state index in [0.29, 0.717) is 0 Å². The van der Waals surface area contributed by atoms with Crippen LogP contribution >= 0.6 is 0 Å². The molecule has 1 aliphatic heterocycles. The van der Waals surface area contributed by atoms with Gasteiger partial charge in [-0.2, -0.15) is 0 Å². The average molecular weight is 195 g/mol. The Labute approximate surface area is 88.9 Å². The normalized spacial score (nSPS) is 31.9. The van der Waals surface area contributed by atoms with Crippen molar-refractivity contribution in [2.45, 2.75) is 51.9 Å². The standard InChI is InChI=1S/C13H25N/c1-12-6-5-9-14(10-12)11-13-7-3-2-4-8-13/h12-13H,2-11H2,1H3/t12-/m0/s1. The molecule has 2 aliphatic rings. The molecule has 14 heavy (non-hydrogen) atoms. The molecule has 1 saturated carbocycles. The second-order valence-corrected chi connectivity index (χ2v) is 5.51. The molecule has 2 fully saturated rings. The number of rotatable bonds is 2. The van der Waals surface area contributed by atoms with Gasteiger partial charge in [0.25, 0.3) is 0 Å². The van der Waals surface area contributed by atoms with Crippen LogP contribution in [0, 0.1) is 11.8 Å². The van der Waals surface area contributed by atoms with Gasteiger partial charge < -0.3 is 4.90 Å². The minimum absolute atomic E-state index is 0.951. The third-order valence-corrected chi connectivity index (χ3v) is 3.98. The molecular weight excluding hydrogens is 170 g/mol. The highest BCUT2D eigenvalue weighted by atomic mass is 15.1. The molecule has 1 nitrogen and oxygen atoms in total. The summed E-state index contributed by atoms with van der Waals surface area (Å²) in [5.74, 6) is 1.99. The maximum absolute atomic E-state index is 2.73. The van der Waals surface area contributed by atoms with Crippen molar-refractivity contribution in [3.63, 3.8) is 0 Å². The average Bonchev–Trinajstić information content (AvgIpc) is 2.19. The van der Waals surface area contributed by atoms with Gasteiger partial charge in [-0.25, -0.2) is 0 Å². The Balaban J connectivity index is 1.72. The van der Waals surface area contributed by atoms with E-state index in [1.807, 2.05) is 0 Å². The van der Waals surface area contributed by atoms with Gasteiger partial charge in [0, 0.05) is 13.1 Å². The Bertz CT molecular complexity index is 161. The summed E-state index contributed by atoms with van der Waals surface area (Å²) in [4.78, 5) is 2.73. The largest absolute Gasteiger partial charge is 0.303 e. The van der Waals surface area contributed by atoms with Crippen molar-refractivity contribution in [3.8, 4) is 0 Å². The van der Waals surface area contributed by atoms with Crippen LogP contribution in [0.2, 0.25) is 0 Å². The van der Waals surface area contributed by atoms with E-state index in [4.69, 9.17) is 0 Å². The van der Waals surface area contributed by atoms with E-state index >= 15 is 0 Å². The van der Waals surface area contributed by atoms with Crippen LogP contribution in [0.15, 0.2) is 0 Å². The molecule has 0 amide bonds. The lowest BCUT2D eigenvalue weighted by Gasteiger charge is -2.34. The monoisotopic (exact) mass is 195 g/mol. The van der Waals surface area contributed by atoms with E-state index in [2.05, 4.69) is 11.8 Å². The number of likely N-dealkylation sites (tertiary alicyclic amines) is 1. The molecule has 1 saturated heterocycles. The van der Waals surface area contributed by atoms with Crippen molar-refractivity contribution in [1.29, 1.82) is 0 Å². The van der Waals surface area contributed by atoms with Gasteiger partial charge in [0.05, 0.1) is 0 Å². The Morgan fingerprint density at radius 1 is 1.00 bits per heavy atom. The summed E-state index contributed by atoms with van der Waals surface area (Å²) in [6.45, 7) is 6.56. The van der Waals surface area contributed by atoms with Gasteiger partial charge in [-0.15, -0.1) is 0 Å². The summed E-state index contributed by atoms with van der Waals surface area (Å²) < 4.78 is 0. The molecule has 0 aromatic carbocycles. The van der Waals surface area contributed by atoms with Crippen LogP contribution in [0.3, 0.4) is 0 Å². The highest BCUT2D eigenvalue weighted by molar-refractivity contribution is 4.75. The SMILES string of the molecule is C[C@H]1CCCN(CC2CCCCC2)C1. The maximum atomic E-state index is 2.73. The summed E-state index contributed by atoms with van der Waals surface area (Å²) >= 11 is 0. The van der Waals surface area contributed by atoms with Crippen LogP contribution < -0.4 is 0 Å². The first kappa shape index (κ1) is 10.5. The van der Waals surface area contributed by atoms with Gasteiger partial charge in [-0.3, -0.25) is 0 Å². The lowest BCUT2D eigenvalue weighted by molar-refractivity contribution is 0.144. The topological polar surface area (TPSA) is 3.24 Å². The molecule has 0 bridgehead atoms. The fourth-order valence-corrected chi connectivity index (χ4v) is 3.19. The van der Waals surface area contributed by atoms with Gasteiger partial charge >= 0.3 is 0 Å². The molecule has 1 atom stereocenters. The quantitative estimate of drug-likeness (QED) is 0.653. The zero-order valence-corrected chi connectivity index (χ0v) is 9.67. The van der Waals surface area contributed by atoms with Crippen molar-refractivity contribution < 1.29 is 0 Å². The van der Waals surface area contributed by atoms with Crippen LogP contribution in [-0.2, 0) is 0 Å². The Kier molecular flexibility index (Phi) is 3.86. The molecule has 0 aromatic rings. The first-order valence-corrected chi connectivity index (χ1v) is 6.57. The van der Waals surface area contributed by atoms with E-state index in [0.717, 1.165) is 11.8 Å². The van der Waals surface area contributed by atoms with Crippen molar-refractivity contribution in [2.75, 3.05) is 19.6 Å². The molecule has 0 radical (unpaired) electrons. The van der Waals surface area contributed by atoms with Gasteiger partial charge in [-0.05, 0) is 44.1 Å². The summed E-state index contributed by atoms with van der Waals surface area (Å²) in [5, 5.41) is 0. The lowest BCUT2D eigenvalue weighted by Crippen LogP contribution is -2.38. The summed E-state index contributed by atoms with van der Waals surface area (Å²) in [6.07, 6.45) is 10.4. The number of nitrogens with zero attached hydrogens (tertiary/aromatic N) is 1. The summed E-state index contributed by atoms with van der Waals surface area (Å²) in [7, 11) is 0. The molecule has 2 rings (SSSR count). The van der Waals surface area contributed by atoms with E-state index in [1.165, 1.54) is 64.6 Å². The second kappa shape index (κ2) is 5.16. The van der Waals surface area contributed by atoms with Gasteiger partial charge in [0.15, 0.2) is 0 Å². The molecular formula is C13H25N. The van der Waals surface area contributed by atoms with Crippen LogP contribution in [0.4, 0.5) is 0 Å². The highest BCUT2D eigenvalue weighted by Gasteiger charge is 2.20. The fourth-order valence-electron chi connectivity index (χ4n) is 3.19. The zero-order valence-electron chi connectivity index (χ0n) is 9.67. The molecule has 0 N–H and O–H groups in total. The van der Waals surface area contributed by atoms with E-state index in [9.17, 15) is 0 Å². The van der Waals surface area contributed by atoms with Gasteiger partial charge in [0.1, 0.15) is 0 Å². The van der Waals surface area contributed by atoms with Gasteiger partial charge in [-0.1, -0.05) is 26.2 Å². The fraction of sp³-hybridized carbons (Fsp3) is 1.00. The molecule has 1 aliphatic carbocycles. The first-order chi connectivity index (χ1) is 6.84. The Hall–Kier alpha value is -0.0400. The van der Waals surface area contributed by atoms with E-state index < -0.39 is 0 Å². The van der Waals surface area contributed by atoms with Crippen LogP contribution in [0.25, 0.3) is 0 Å². The minimum Gasteiger partial charge on any atom is -0.303 e. The molecule has 0 aromatic heterocycles. The number of piperidine rings is 1. The maximum Gasteiger partial charge on any atom is 0.000977 e. The van der Waals surface area contributed by atoms with Crippen LogP contribution in [0.1, 0.15) is 51.9 Å². The van der Waals surface area contributed by atoms with Crippen molar-refractivity contribution in [1.82, 2.24) is 4.90 Å². The Morgan fingerprint density at radius 2 is 1.79 bits per heavy atom. The molecule has 0 spiro atoms. The van der Waals surface area contributed by atoms with E-state index in [-0.39, 0.29) is 0 Å². The molecule has 82 valence electrons. The minimum atomic E-state index is 0.951. The van der Waals surface area contributed by atoms with Crippen molar-refractivity contribution in [3.05, 3.63) is 0 Å². The zero-order chi connectivity index (χ0) is 9.80. The number of hydrogen-bond donors (Lipinski definition) is 0. The third-order valence-electron chi connectivity index (χ3n) is 3.98. The highest BCUT2D eigenvalue weighted by Crippen LogP contribution is 2.26. The van der Waals surface area contributed by atoms with Crippen LogP contribution in [-0.4, -0.2) is 24.5 Å². The summed E-state index contributed by atoms with van der Waals surface area (Å²) in [5.41, 5.74) is 0. The van der Waals surface area contributed by atoms with Crippen molar-refractivity contribution >= 4 is 0 Å². The predicted octanol–water partition coefficient (Wildman–Crippen LogP) is 3.30. The smallest absolute Gasteiger partial charge is 0.000977 e. The van der Waals surface area contributed by atoms with Crippen molar-refractivity contribution in [2.24, 2.45) is 11.8 Å². The number of hydrogen-bond acceptors (Lipinski definition) is 1. The van der Waals surface area contributed by atoms with E-state index in [1.54, 1.807) is 0 Å². The van der Waals surface area contributed by atoms with Gasteiger partial charge in [0.2, 0.25) is 0 Å². The second-order valence-electron chi connectivity index (χ2n) is 5.51. The summed E-state index contributed by atoms with van der Waals surface area (Å²) in [6, 6.07) is 0. The van der Waals surface area contributed by atoms with Crippen LogP contribution in [0.5, 0.6) is 0 Å².